The number of benzene rings is 1. The summed E-state index contributed by atoms with van der Waals surface area (Å²) in [4.78, 5) is 15.3. The van der Waals surface area contributed by atoms with Gasteiger partial charge in [-0.2, -0.15) is 0 Å². The van der Waals surface area contributed by atoms with Crippen molar-refractivity contribution in [1.29, 1.82) is 0 Å². The largest absolute Gasteiger partial charge is 1.00 e. The zero-order valence-corrected chi connectivity index (χ0v) is 10.4. The van der Waals surface area contributed by atoms with E-state index in [1.165, 1.54) is 19.3 Å². The second-order valence-corrected chi connectivity index (χ2v) is 5.21. The van der Waals surface area contributed by atoms with Crippen LogP contribution in [-0.4, -0.2) is 11.0 Å². The Morgan fingerprint density at radius 1 is 1.41 bits per heavy atom. The fourth-order valence-electron chi connectivity index (χ4n) is 1.90. The molecule has 5 heteroatoms. The summed E-state index contributed by atoms with van der Waals surface area (Å²) in [5.74, 6) is -0.524. The van der Waals surface area contributed by atoms with Gasteiger partial charge in [0.05, 0.1) is 21.2 Å². The Morgan fingerprint density at radius 3 is 2.76 bits per heavy atom. The van der Waals surface area contributed by atoms with Gasteiger partial charge < -0.3 is 9.90 Å². The minimum absolute atomic E-state index is 0. The van der Waals surface area contributed by atoms with Crippen molar-refractivity contribution in [3.05, 3.63) is 28.8 Å². The molecule has 0 radical (unpaired) electrons. The number of rotatable bonds is 2. The standard InChI is InChI=1S/C12H11NO2S.Li/c14-12(15)8-4-5-9-10(6-8)16-11(13-9)7-2-1-3-7;/h4-7H,1-3H2,(H,14,15);/q;+1/p-1. The summed E-state index contributed by atoms with van der Waals surface area (Å²) >= 11 is 1.61. The van der Waals surface area contributed by atoms with E-state index in [1.807, 2.05) is 0 Å². The van der Waals surface area contributed by atoms with Crippen molar-refractivity contribution in [2.24, 2.45) is 0 Å². The van der Waals surface area contributed by atoms with E-state index in [-0.39, 0.29) is 24.4 Å². The molecule has 0 aliphatic heterocycles. The Bertz CT molecular complexity index is 563. The molecule has 1 saturated carbocycles. The predicted molar refractivity (Wildman–Crippen MR) is 60.5 cm³/mol. The number of carboxylic acids is 1. The van der Waals surface area contributed by atoms with E-state index in [4.69, 9.17) is 0 Å². The molecule has 1 heterocycles. The van der Waals surface area contributed by atoms with Crippen molar-refractivity contribution in [3.8, 4) is 0 Å². The van der Waals surface area contributed by atoms with Gasteiger partial charge in [0.15, 0.2) is 0 Å². The molecule has 2 aromatic rings. The van der Waals surface area contributed by atoms with Crippen LogP contribution in [0, 0.1) is 0 Å². The smallest absolute Gasteiger partial charge is 0.545 e. The number of hydrogen-bond donors (Lipinski definition) is 0. The number of carbonyl (C=O) groups is 1. The molecule has 0 N–H and O–H groups in total. The first-order chi connectivity index (χ1) is 7.74. The van der Waals surface area contributed by atoms with Gasteiger partial charge in [0.2, 0.25) is 0 Å². The summed E-state index contributed by atoms with van der Waals surface area (Å²) in [5, 5.41) is 11.9. The third-order valence-electron chi connectivity index (χ3n) is 3.10. The van der Waals surface area contributed by atoms with Gasteiger partial charge in [-0.25, -0.2) is 4.98 Å². The fraction of sp³-hybridized carbons (Fsp3) is 0.333. The van der Waals surface area contributed by atoms with Crippen LogP contribution in [0.5, 0.6) is 0 Å². The first kappa shape index (κ1) is 12.6. The van der Waals surface area contributed by atoms with E-state index in [2.05, 4.69) is 4.98 Å². The summed E-state index contributed by atoms with van der Waals surface area (Å²) in [6.45, 7) is 0. The van der Waals surface area contributed by atoms with Gasteiger partial charge in [-0.3, -0.25) is 0 Å². The Kier molecular flexibility index (Phi) is 3.58. The Morgan fingerprint density at radius 2 is 2.18 bits per heavy atom. The van der Waals surface area contributed by atoms with Crippen molar-refractivity contribution < 1.29 is 28.8 Å². The van der Waals surface area contributed by atoms with Gasteiger partial charge in [0, 0.05) is 5.92 Å². The molecule has 1 aliphatic carbocycles. The van der Waals surface area contributed by atoms with Crippen LogP contribution < -0.4 is 24.0 Å². The third-order valence-corrected chi connectivity index (χ3v) is 4.28. The quantitative estimate of drug-likeness (QED) is 0.627. The Balaban J connectivity index is 0.00000108. The minimum atomic E-state index is -1.12. The first-order valence-corrected chi connectivity index (χ1v) is 6.17. The van der Waals surface area contributed by atoms with Crippen molar-refractivity contribution in [2.45, 2.75) is 25.2 Å². The van der Waals surface area contributed by atoms with Crippen LogP contribution in [0.15, 0.2) is 18.2 Å². The second-order valence-electron chi connectivity index (χ2n) is 4.15. The molecule has 1 aliphatic rings. The monoisotopic (exact) mass is 239 g/mol. The van der Waals surface area contributed by atoms with Gasteiger partial charge in [-0.15, -0.1) is 11.3 Å². The average Bonchev–Trinajstić information content (AvgIpc) is 2.56. The maximum atomic E-state index is 10.7. The zero-order chi connectivity index (χ0) is 11.1. The van der Waals surface area contributed by atoms with Crippen LogP contribution in [-0.2, 0) is 0 Å². The Hall–Kier alpha value is -0.823. The van der Waals surface area contributed by atoms with Crippen molar-refractivity contribution >= 4 is 27.5 Å². The van der Waals surface area contributed by atoms with Gasteiger partial charge in [0.25, 0.3) is 0 Å². The van der Waals surface area contributed by atoms with Crippen molar-refractivity contribution in [3.63, 3.8) is 0 Å². The molecule has 1 aromatic carbocycles. The molecule has 0 spiro atoms. The molecule has 1 fully saturated rings. The van der Waals surface area contributed by atoms with E-state index in [9.17, 15) is 9.90 Å². The van der Waals surface area contributed by atoms with Gasteiger partial charge in [0.1, 0.15) is 0 Å². The maximum absolute atomic E-state index is 10.7. The summed E-state index contributed by atoms with van der Waals surface area (Å²) in [6.07, 6.45) is 3.71. The molecule has 17 heavy (non-hydrogen) atoms. The SMILES string of the molecule is O=C([O-])c1ccc2nc(C3CCC3)sc2c1.[Li+]. The number of hydrogen-bond acceptors (Lipinski definition) is 4. The third kappa shape index (κ3) is 2.26. The van der Waals surface area contributed by atoms with Gasteiger partial charge >= 0.3 is 18.9 Å². The Labute approximate surface area is 115 Å². The summed E-state index contributed by atoms with van der Waals surface area (Å²) < 4.78 is 0.948. The first-order valence-electron chi connectivity index (χ1n) is 5.36. The van der Waals surface area contributed by atoms with E-state index in [0.29, 0.717) is 5.92 Å². The number of aromatic nitrogens is 1. The molecular formula is C12H10LiNO2S. The summed E-state index contributed by atoms with van der Waals surface area (Å²) in [5.41, 5.74) is 1.13. The molecule has 0 atom stereocenters. The van der Waals surface area contributed by atoms with E-state index >= 15 is 0 Å². The molecule has 0 unspecified atom stereocenters. The molecular weight excluding hydrogens is 229 g/mol. The van der Waals surface area contributed by atoms with E-state index in [1.54, 1.807) is 29.5 Å². The van der Waals surface area contributed by atoms with Crippen LogP contribution in [0.3, 0.4) is 0 Å². The average molecular weight is 239 g/mol. The number of fused-ring (bicyclic) bond motifs is 1. The maximum Gasteiger partial charge on any atom is 1.00 e. The van der Waals surface area contributed by atoms with E-state index < -0.39 is 5.97 Å². The normalized spacial score (nSPS) is 15.3. The number of thiazole rings is 1. The van der Waals surface area contributed by atoms with Crippen molar-refractivity contribution in [2.75, 3.05) is 0 Å². The topological polar surface area (TPSA) is 53.0 Å². The molecule has 0 saturated heterocycles. The van der Waals surface area contributed by atoms with Gasteiger partial charge in [-0.1, -0.05) is 12.5 Å². The van der Waals surface area contributed by atoms with Gasteiger partial charge in [-0.05, 0) is 30.5 Å². The van der Waals surface area contributed by atoms with Crippen molar-refractivity contribution in [1.82, 2.24) is 4.98 Å². The summed E-state index contributed by atoms with van der Waals surface area (Å²) in [6, 6.07) is 4.98. The molecule has 0 bridgehead atoms. The fourth-order valence-corrected chi connectivity index (χ4v) is 3.08. The van der Waals surface area contributed by atoms with E-state index in [0.717, 1.165) is 15.2 Å². The van der Waals surface area contributed by atoms with Crippen LogP contribution in [0.1, 0.15) is 40.5 Å². The number of carbonyl (C=O) groups excluding carboxylic acids is 1. The number of carboxylic acid groups (broad SMARTS) is 1. The summed E-state index contributed by atoms with van der Waals surface area (Å²) in [7, 11) is 0. The molecule has 3 nitrogen and oxygen atoms in total. The van der Waals surface area contributed by atoms with Crippen LogP contribution in [0.4, 0.5) is 0 Å². The number of aromatic carboxylic acids is 1. The number of nitrogens with zero attached hydrogens (tertiary/aromatic N) is 1. The second kappa shape index (κ2) is 4.81. The molecule has 3 rings (SSSR count). The van der Waals surface area contributed by atoms with Crippen LogP contribution in [0.2, 0.25) is 0 Å². The predicted octanol–water partition coefficient (Wildman–Crippen LogP) is -1.07. The molecule has 82 valence electrons. The molecule has 1 aromatic heterocycles. The minimum Gasteiger partial charge on any atom is -0.545 e. The molecule has 0 amide bonds. The zero-order valence-electron chi connectivity index (χ0n) is 9.60. The van der Waals surface area contributed by atoms with Crippen LogP contribution >= 0.6 is 11.3 Å². The van der Waals surface area contributed by atoms with Crippen LogP contribution in [0.25, 0.3) is 10.2 Å².